The van der Waals surface area contributed by atoms with E-state index >= 15 is 0 Å². The molecule has 0 spiro atoms. The Morgan fingerprint density at radius 1 is 1.69 bits per heavy atom. The molecule has 0 aliphatic rings. The van der Waals surface area contributed by atoms with E-state index in [9.17, 15) is 4.79 Å². The van der Waals surface area contributed by atoms with E-state index in [0.717, 1.165) is 0 Å². The minimum Gasteiger partial charge on any atom is -0.398 e. The van der Waals surface area contributed by atoms with Gasteiger partial charge >= 0.3 is 0 Å². The highest BCUT2D eigenvalue weighted by atomic mass is 35.5. The molecule has 0 saturated heterocycles. The number of nitrogen functional groups attached to an aromatic ring is 1. The Morgan fingerprint density at radius 2 is 2.38 bits per heavy atom. The van der Waals surface area contributed by atoms with E-state index in [1.54, 1.807) is 18.2 Å². The van der Waals surface area contributed by atoms with Gasteiger partial charge in [0.25, 0.3) is 5.91 Å². The van der Waals surface area contributed by atoms with Crippen LogP contribution in [-0.2, 0) is 0 Å². The third-order valence-corrected chi connectivity index (χ3v) is 2.50. The molecule has 0 aliphatic heterocycles. The van der Waals surface area contributed by atoms with Crippen LogP contribution >= 0.6 is 11.6 Å². The molecule has 1 atom stereocenters. The van der Waals surface area contributed by atoms with Crippen LogP contribution < -0.4 is 11.1 Å². The molecule has 0 bridgehead atoms. The molecule has 1 amide bonds. The molecule has 16 heavy (non-hydrogen) atoms. The number of hydrogen-bond donors (Lipinski definition) is 2. The van der Waals surface area contributed by atoms with Crippen molar-refractivity contribution >= 4 is 23.2 Å². The normalized spacial score (nSPS) is 11.6. The molecule has 0 aliphatic carbocycles. The van der Waals surface area contributed by atoms with Crippen molar-refractivity contribution in [2.45, 2.75) is 19.4 Å². The van der Waals surface area contributed by atoms with E-state index in [1.165, 1.54) is 0 Å². The zero-order valence-electron chi connectivity index (χ0n) is 8.96. The number of benzene rings is 1. The maximum absolute atomic E-state index is 11.8. The minimum absolute atomic E-state index is 0.0880. The lowest BCUT2D eigenvalue weighted by molar-refractivity contribution is 0.0941. The van der Waals surface area contributed by atoms with E-state index in [2.05, 4.69) is 11.2 Å². The van der Waals surface area contributed by atoms with E-state index in [0.29, 0.717) is 17.7 Å². The monoisotopic (exact) mass is 236 g/mol. The van der Waals surface area contributed by atoms with Crippen LogP contribution in [0.5, 0.6) is 0 Å². The SMILES string of the molecule is C#CCC(C)NC(=O)c1cccc(N)c1Cl. The average molecular weight is 237 g/mol. The van der Waals surface area contributed by atoms with Gasteiger partial charge in [0.15, 0.2) is 0 Å². The maximum Gasteiger partial charge on any atom is 0.253 e. The quantitative estimate of drug-likeness (QED) is 0.624. The van der Waals surface area contributed by atoms with E-state index in [1.807, 2.05) is 6.92 Å². The number of carbonyl (C=O) groups is 1. The molecule has 1 aromatic rings. The summed E-state index contributed by atoms with van der Waals surface area (Å²) >= 11 is 5.92. The highest BCUT2D eigenvalue weighted by Gasteiger charge is 2.13. The number of terminal acetylenes is 1. The van der Waals surface area contributed by atoms with Gasteiger partial charge in [-0.1, -0.05) is 17.7 Å². The summed E-state index contributed by atoms with van der Waals surface area (Å²) in [5.41, 5.74) is 6.36. The first-order valence-electron chi connectivity index (χ1n) is 4.84. The Hall–Kier alpha value is -1.66. The zero-order valence-corrected chi connectivity index (χ0v) is 9.71. The fourth-order valence-corrected chi connectivity index (χ4v) is 1.47. The topological polar surface area (TPSA) is 55.1 Å². The third-order valence-electron chi connectivity index (χ3n) is 2.07. The number of carbonyl (C=O) groups excluding carboxylic acids is 1. The van der Waals surface area contributed by atoms with Crippen molar-refractivity contribution in [1.82, 2.24) is 5.32 Å². The summed E-state index contributed by atoms with van der Waals surface area (Å²) in [6, 6.07) is 4.86. The molecule has 4 heteroatoms. The van der Waals surface area contributed by atoms with Crippen LogP contribution in [0.3, 0.4) is 0 Å². The first kappa shape index (κ1) is 12.4. The van der Waals surface area contributed by atoms with Crippen LogP contribution in [0.1, 0.15) is 23.7 Å². The maximum atomic E-state index is 11.8. The van der Waals surface area contributed by atoms with Crippen LogP contribution in [0.4, 0.5) is 5.69 Å². The smallest absolute Gasteiger partial charge is 0.253 e. The summed E-state index contributed by atoms with van der Waals surface area (Å²) in [6.07, 6.45) is 5.63. The second-order valence-electron chi connectivity index (χ2n) is 3.49. The van der Waals surface area contributed by atoms with Crippen molar-refractivity contribution < 1.29 is 4.79 Å². The summed E-state index contributed by atoms with van der Waals surface area (Å²) in [5, 5.41) is 3.01. The van der Waals surface area contributed by atoms with E-state index < -0.39 is 0 Å². The lowest BCUT2D eigenvalue weighted by atomic mass is 10.1. The van der Waals surface area contributed by atoms with Crippen LogP contribution in [0.15, 0.2) is 18.2 Å². The molecule has 0 radical (unpaired) electrons. The first-order chi connectivity index (χ1) is 7.56. The minimum atomic E-state index is -0.264. The van der Waals surface area contributed by atoms with Crippen LogP contribution in [0, 0.1) is 12.3 Å². The van der Waals surface area contributed by atoms with Crippen molar-refractivity contribution in [2.24, 2.45) is 0 Å². The third kappa shape index (κ3) is 2.91. The molecule has 84 valence electrons. The molecule has 0 aromatic heterocycles. The lowest BCUT2D eigenvalue weighted by Crippen LogP contribution is -2.32. The number of anilines is 1. The molecule has 0 fully saturated rings. The van der Waals surface area contributed by atoms with Crippen LogP contribution in [0.2, 0.25) is 5.02 Å². The Labute approximate surface area is 100.0 Å². The highest BCUT2D eigenvalue weighted by Crippen LogP contribution is 2.22. The lowest BCUT2D eigenvalue weighted by Gasteiger charge is -2.12. The summed E-state index contributed by atoms with van der Waals surface area (Å²) in [4.78, 5) is 11.8. The van der Waals surface area contributed by atoms with Gasteiger partial charge in [-0.2, -0.15) is 0 Å². The van der Waals surface area contributed by atoms with Gasteiger partial charge < -0.3 is 11.1 Å². The number of nitrogens with two attached hydrogens (primary N) is 1. The van der Waals surface area contributed by atoms with Crippen molar-refractivity contribution in [3.63, 3.8) is 0 Å². The molecular formula is C12H13ClN2O. The summed E-state index contributed by atoms with van der Waals surface area (Å²) in [6.45, 7) is 1.83. The Bertz CT molecular complexity index is 437. The van der Waals surface area contributed by atoms with Crippen LogP contribution in [-0.4, -0.2) is 11.9 Å². The Kier molecular flexibility index (Phi) is 4.21. The molecular weight excluding hydrogens is 224 g/mol. The Balaban J connectivity index is 2.82. The second-order valence-corrected chi connectivity index (χ2v) is 3.87. The average Bonchev–Trinajstić information content (AvgIpc) is 2.22. The van der Waals surface area contributed by atoms with Crippen molar-refractivity contribution in [3.05, 3.63) is 28.8 Å². The number of hydrogen-bond acceptors (Lipinski definition) is 2. The molecule has 1 rings (SSSR count). The summed E-state index contributed by atoms with van der Waals surface area (Å²) < 4.78 is 0. The predicted molar refractivity (Wildman–Crippen MR) is 66.2 cm³/mol. The number of rotatable bonds is 3. The second kappa shape index (κ2) is 5.43. The van der Waals surface area contributed by atoms with Gasteiger partial charge in [0.05, 0.1) is 16.3 Å². The molecule has 0 heterocycles. The Morgan fingerprint density at radius 3 is 3.00 bits per heavy atom. The summed E-state index contributed by atoms with van der Waals surface area (Å²) in [7, 11) is 0. The van der Waals surface area contributed by atoms with Crippen molar-refractivity contribution in [2.75, 3.05) is 5.73 Å². The fourth-order valence-electron chi connectivity index (χ4n) is 1.25. The van der Waals surface area contributed by atoms with Gasteiger partial charge in [-0.15, -0.1) is 12.3 Å². The molecule has 1 unspecified atom stereocenters. The van der Waals surface area contributed by atoms with Gasteiger partial charge in [-0.25, -0.2) is 0 Å². The highest BCUT2D eigenvalue weighted by molar-refractivity contribution is 6.36. The number of nitrogens with one attached hydrogen (secondary N) is 1. The fraction of sp³-hybridized carbons (Fsp3) is 0.250. The number of amides is 1. The van der Waals surface area contributed by atoms with Gasteiger partial charge in [0.1, 0.15) is 0 Å². The van der Waals surface area contributed by atoms with Crippen molar-refractivity contribution in [3.8, 4) is 12.3 Å². The summed E-state index contributed by atoms with van der Waals surface area (Å²) in [5.74, 6) is 2.21. The standard InChI is InChI=1S/C12H13ClN2O/c1-3-5-8(2)15-12(16)9-6-4-7-10(14)11(9)13/h1,4,6-8H,5,14H2,2H3,(H,15,16). The molecule has 1 aromatic carbocycles. The molecule has 0 saturated carbocycles. The molecule has 3 nitrogen and oxygen atoms in total. The van der Waals surface area contributed by atoms with Gasteiger partial charge in [0, 0.05) is 12.5 Å². The molecule has 3 N–H and O–H groups in total. The largest absolute Gasteiger partial charge is 0.398 e. The van der Waals surface area contributed by atoms with E-state index in [4.69, 9.17) is 23.8 Å². The van der Waals surface area contributed by atoms with Crippen LogP contribution in [0.25, 0.3) is 0 Å². The van der Waals surface area contributed by atoms with E-state index in [-0.39, 0.29) is 17.0 Å². The van der Waals surface area contributed by atoms with Gasteiger partial charge in [-0.3, -0.25) is 4.79 Å². The van der Waals surface area contributed by atoms with Crippen molar-refractivity contribution in [1.29, 1.82) is 0 Å². The predicted octanol–water partition coefficient (Wildman–Crippen LogP) is 2.06. The van der Waals surface area contributed by atoms with Gasteiger partial charge in [0.2, 0.25) is 0 Å². The first-order valence-corrected chi connectivity index (χ1v) is 5.22. The zero-order chi connectivity index (χ0) is 12.1. The number of halogens is 1. The van der Waals surface area contributed by atoms with Gasteiger partial charge in [-0.05, 0) is 19.1 Å².